The number of aromatic nitrogens is 2. The Morgan fingerprint density at radius 3 is 2.94 bits per heavy atom. The molecular formula is C12H12N4OS. The van der Waals surface area contributed by atoms with Gasteiger partial charge in [-0.25, -0.2) is 0 Å². The Morgan fingerprint density at radius 2 is 2.44 bits per heavy atom. The number of thiophene rings is 1. The molecule has 1 amide bonds. The Morgan fingerprint density at radius 1 is 1.67 bits per heavy atom. The van der Waals surface area contributed by atoms with Crippen LogP contribution >= 0.6 is 11.3 Å². The smallest absolute Gasteiger partial charge is 0.270 e. The van der Waals surface area contributed by atoms with Crippen LogP contribution in [-0.2, 0) is 7.05 Å². The summed E-state index contributed by atoms with van der Waals surface area (Å²) < 4.78 is 1.51. The zero-order chi connectivity index (χ0) is 13.1. The zero-order valence-electron chi connectivity index (χ0n) is 10.0. The molecule has 2 aromatic heterocycles. The minimum absolute atomic E-state index is 0.296. The maximum Gasteiger partial charge on any atom is 0.270 e. The van der Waals surface area contributed by atoms with Crippen LogP contribution in [0.1, 0.15) is 27.8 Å². The molecular weight excluding hydrogens is 248 g/mol. The van der Waals surface area contributed by atoms with Crippen LogP contribution in [0.3, 0.4) is 0 Å². The van der Waals surface area contributed by atoms with Gasteiger partial charge in [-0.3, -0.25) is 9.48 Å². The number of carbonyl (C=O) groups excluding carboxylic acids is 1. The summed E-state index contributed by atoms with van der Waals surface area (Å²) in [6.07, 6.45) is 0. The van der Waals surface area contributed by atoms with Gasteiger partial charge in [0.2, 0.25) is 0 Å². The maximum atomic E-state index is 12.0. The van der Waals surface area contributed by atoms with Crippen molar-refractivity contribution in [1.29, 1.82) is 5.26 Å². The number of hydrogen-bond acceptors (Lipinski definition) is 4. The standard InChI is InChI=1S/C12H12N4OS/c1-8-5-11(16(2)15-8)12(17)14-10(6-13)9-3-4-18-7-9/h3-5,7,10H,1-2H3,(H,14,17)/t10-/m0/s1. The minimum atomic E-state index is -0.626. The molecule has 18 heavy (non-hydrogen) atoms. The van der Waals surface area contributed by atoms with Crippen molar-refractivity contribution >= 4 is 17.2 Å². The van der Waals surface area contributed by atoms with E-state index in [0.29, 0.717) is 5.69 Å². The lowest BCUT2D eigenvalue weighted by atomic mass is 10.1. The molecule has 0 aliphatic heterocycles. The molecule has 0 saturated carbocycles. The number of hydrogen-bond donors (Lipinski definition) is 1. The average Bonchev–Trinajstić information content (AvgIpc) is 2.95. The first-order valence-corrected chi connectivity index (χ1v) is 6.29. The van der Waals surface area contributed by atoms with Crippen LogP contribution in [0.2, 0.25) is 0 Å². The third-order valence-electron chi connectivity index (χ3n) is 2.52. The fourth-order valence-corrected chi connectivity index (χ4v) is 2.34. The fraction of sp³-hybridized carbons (Fsp3) is 0.250. The molecule has 6 heteroatoms. The van der Waals surface area contributed by atoms with E-state index in [4.69, 9.17) is 5.26 Å². The Labute approximate surface area is 109 Å². The lowest BCUT2D eigenvalue weighted by molar-refractivity contribution is 0.0935. The van der Waals surface area contributed by atoms with Gasteiger partial charge in [0.25, 0.3) is 5.91 Å². The molecule has 0 bridgehead atoms. The summed E-state index contributed by atoms with van der Waals surface area (Å²) >= 11 is 1.49. The molecule has 0 aliphatic rings. The number of carbonyl (C=O) groups is 1. The molecule has 0 saturated heterocycles. The maximum absolute atomic E-state index is 12.0. The summed E-state index contributed by atoms with van der Waals surface area (Å²) in [7, 11) is 1.70. The first-order valence-electron chi connectivity index (χ1n) is 5.35. The van der Waals surface area contributed by atoms with E-state index in [1.165, 1.54) is 16.0 Å². The van der Waals surface area contributed by atoms with Crippen LogP contribution in [0, 0.1) is 18.3 Å². The molecule has 0 spiro atoms. The van der Waals surface area contributed by atoms with E-state index in [1.807, 2.05) is 23.8 Å². The van der Waals surface area contributed by atoms with Crippen LogP contribution in [0.4, 0.5) is 0 Å². The summed E-state index contributed by atoms with van der Waals surface area (Å²) in [5.74, 6) is -0.296. The first kappa shape index (κ1) is 12.3. The second-order valence-electron chi connectivity index (χ2n) is 3.89. The Hall–Kier alpha value is -2.13. The van der Waals surface area contributed by atoms with Gasteiger partial charge in [0.1, 0.15) is 11.7 Å². The molecule has 0 fully saturated rings. The summed E-state index contributed by atoms with van der Waals surface area (Å²) in [4.78, 5) is 12.0. The van der Waals surface area contributed by atoms with Crippen molar-refractivity contribution in [2.75, 3.05) is 0 Å². The number of nitriles is 1. The highest BCUT2D eigenvalue weighted by Crippen LogP contribution is 2.16. The van der Waals surface area contributed by atoms with Crippen LogP contribution in [0.15, 0.2) is 22.9 Å². The highest BCUT2D eigenvalue weighted by molar-refractivity contribution is 7.08. The van der Waals surface area contributed by atoms with Gasteiger partial charge in [0.05, 0.1) is 11.8 Å². The molecule has 2 heterocycles. The van der Waals surface area contributed by atoms with E-state index in [-0.39, 0.29) is 5.91 Å². The monoisotopic (exact) mass is 260 g/mol. The van der Waals surface area contributed by atoms with Crippen molar-refractivity contribution in [3.63, 3.8) is 0 Å². The molecule has 1 atom stereocenters. The number of rotatable bonds is 3. The second-order valence-corrected chi connectivity index (χ2v) is 4.67. The van der Waals surface area contributed by atoms with Gasteiger partial charge < -0.3 is 5.32 Å². The predicted octanol–water partition coefficient (Wildman–Crippen LogP) is 1.78. The number of amides is 1. The average molecular weight is 260 g/mol. The van der Waals surface area contributed by atoms with Gasteiger partial charge in [-0.15, -0.1) is 0 Å². The van der Waals surface area contributed by atoms with Crippen molar-refractivity contribution in [1.82, 2.24) is 15.1 Å². The van der Waals surface area contributed by atoms with Crippen LogP contribution < -0.4 is 5.32 Å². The van der Waals surface area contributed by atoms with Crippen molar-refractivity contribution in [2.24, 2.45) is 7.05 Å². The highest BCUT2D eigenvalue weighted by atomic mass is 32.1. The SMILES string of the molecule is Cc1cc(C(=O)N[C@@H](C#N)c2ccsc2)n(C)n1. The third-order valence-corrected chi connectivity index (χ3v) is 3.22. The van der Waals surface area contributed by atoms with Gasteiger partial charge in [-0.1, -0.05) is 0 Å². The Kier molecular flexibility index (Phi) is 3.44. The second kappa shape index (κ2) is 5.02. The topological polar surface area (TPSA) is 70.7 Å². The van der Waals surface area contributed by atoms with Gasteiger partial charge >= 0.3 is 0 Å². The normalized spacial score (nSPS) is 11.8. The molecule has 0 aromatic carbocycles. The molecule has 92 valence electrons. The lowest BCUT2D eigenvalue weighted by Gasteiger charge is -2.09. The molecule has 2 aromatic rings. The highest BCUT2D eigenvalue weighted by Gasteiger charge is 2.18. The summed E-state index contributed by atoms with van der Waals surface area (Å²) in [5, 5.41) is 19.6. The molecule has 2 rings (SSSR count). The van der Waals surface area contributed by atoms with Crippen molar-refractivity contribution < 1.29 is 4.79 Å². The van der Waals surface area contributed by atoms with Gasteiger partial charge in [-0.2, -0.15) is 21.7 Å². The number of nitrogens with zero attached hydrogens (tertiary/aromatic N) is 3. The largest absolute Gasteiger partial charge is 0.331 e. The minimum Gasteiger partial charge on any atom is -0.331 e. The van der Waals surface area contributed by atoms with Crippen LogP contribution in [0.5, 0.6) is 0 Å². The predicted molar refractivity (Wildman–Crippen MR) is 68.1 cm³/mol. The van der Waals surface area contributed by atoms with E-state index in [0.717, 1.165) is 11.3 Å². The molecule has 0 unspecified atom stereocenters. The quantitative estimate of drug-likeness (QED) is 0.914. The van der Waals surface area contributed by atoms with Crippen LogP contribution in [-0.4, -0.2) is 15.7 Å². The third kappa shape index (κ3) is 2.41. The Bertz CT molecular complexity index is 594. The molecule has 0 aliphatic carbocycles. The molecule has 1 N–H and O–H groups in total. The lowest BCUT2D eigenvalue weighted by Crippen LogP contribution is -2.29. The van der Waals surface area contributed by atoms with Crippen LogP contribution in [0.25, 0.3) is 0 Å². The summed E-state index contributed by atoms with van der Waals surface area (Å²) in [5.41, 5.74) is 2.02. The van der Waals surface area contributed by atoms with E-state index >= 15 is 0 Å². The van der Waals surface area contributed by atoms with Gasteiger partial charge in [-0.05, 0) is 35.4 Å². The fourth-order valence-electron chi connectivity index (χ4n) is 1.66. The van der Waals surface area contributed by atoms with Crippen molar-refractivity contribution in [2.45, 2.75) is 13.0 Å². The van der Waals surface area contributed by atoms with Crippen molar-refractivity contribution in [3.05, 3.63) is 39.8 Å². The Balaban J connectivity index is 2.16. The molecule has 5 nitrogen and oxygen atoms in total. The van der Waals surface area contributed by atoms with Crippen molar-refractivity contribution in [3.8, 4) is 6.07 Å². The van der Waals surface area contributed by atoms with Gasteiger partial charge in [0, 0.05) is 7.05 Å². The summed E-state index contributed by atoms with van der Waals surface area (Å²) in [6, 6.07) is 4.97. The first-order chi connectivity index (χ1) is 8.61. The van der Waals surface area contributed by atoms with E-state index in [2.05, 4.69) is 16.5 Å². The molecule has 0 radical (unpaired) electrons. The van der Waals surface area contributed by atoms with E-state index in [9.17, 15) is 4.79 Å². The van der Waals surface area contributed by atoms with Gasteiger partial charge in [0.15, 0.2) is 0 Å². The zero-order valence-corrected chi connectivity index (χ0v) is 10.9. The van der Waals surface area contributed by atoms with E-state index < -0.39 is 6.04 Å². The number of nitrogens with one attached hydrogen (secondary N) is 1. The number of aryl methyl sites for hydroxylation is 2. The van der Waals surface area contributed by atoms with E-state index in [1.54, 1.807) is 13.1 Å². The summed E-state index contributed by atoms with van der Waals surface area (Å²) in [6.45, 7) is 1.82.